The van der Waals surface area contributed by atoms with E-state index in [0.717, 1.165) is 6.42 Å². The number of hydrogen-bond donors (Lipinski definition) is 1. The van der Waals surface area contributed by atoms with Gasteiger partial charge in [0.1, 0.15) is 0 Å². The molecule has 1 nitrogen and oxygen atoms in total. The minimum atomic E-state index is 0. The summed E-state index contributed by atoms with van der Waals surface area (Å²) in [5.41, 5.74) is 0. The Hall–Kier alpha value is 1.25. The SMILES string of the molecule is CCCCC(CC)CO.[Cl-].[Cl-].[Ti+2]. The molecule has 0 spiro atoms. The Morgan fingerprint density at radius 3 is 1.92 bits per heavy atom. The molecule has 1 N–H and O–H groups in total. The summed E-state index contributed by atoms with van der Waals surface area (Å²) in [6.07, 6.45) is 4.83. The molecule has 0 heterocycles. The Morgan fingerprint density at radius 1 is 1.17 bits per heavy atom. The monoisotopic (exact) mass is 248 g/mol. The molecule has 0 aliphatic heterocycles. The zero-order valence-corrected chi connectivity index (χ0v) is 10.9. The normalized spacial score (nSPS) is 10.2. The minimum absolute atomic E-state index is 0. The second kappa shape index (κ2) is 18.1. The van der Waals surface area contributed by atoms with Gasteiger partial charge in [-0.3, -0.25) is 0 Å². The van der Waals surface area contributed by atoms with E-state index in [1.807, 2.05) is 0 Å². The van der Waals surface area contributed by atoms with Crippen molar-refractivity contribution >= 4 is 0 Å². The van der Waals surface area contributed by atoms with Crippen LogP contribution in [0, 0.1) is 5.92 Å². The van der Waals surface area contributed by atoms with Gasteiger partial charge < -0.3 is 29.9 Å². The summed E-state index contributed by atoms with van der Waals surface area (Å²) in [7, 11) is 0. The van der Waals surface area contributed by atoms with Gasteiger partial charge in [-0.1, -0.05) is 33.1 Å². The van der Waals surface area contributed by atoms with Crippen molar-refractivity contribution in [1.29, 1.82) is 0 Å². The Morgan fingerprint density at radius 2 is 1.67 bits per heavy atom. The topological polar surface area (TPSA) is 20.2 Å². The fraction of sp³-hybridized carbons (Fsp3) is 1.00. The summed E-state index contributed by atoms with van der Waals surface area (Å²) in [5.74, 6) is 0.560. The van der Waals surface area contributed by atoms with E-state index >= 15 is 0 Å². The summed E-state index contributed by atoms with van der Waals surface area (Å²) in [6.45, 7) is 4.69. The first-order valence-corrected chi connectivity index (χ1v) is 3.96. The van der Waals surface area contributed by atoms with Crippen molar-refractivity contribution in [2.24, 2.45) is 5.92 Å². The molecule has 74 valence electrons. The number of halogens is 2. The van der Waals surface area contributed by atoms with Gasteiger partial charge >= 0.3 is 21.7 Å². The molecule has 0 fully saturated rings. The molecule has 0 saturated carbocycles. The van der Waals surface area contributed by atoms with Crippen LogP contribution in [0.3, 0.4) is 0 Å². The van der Waals surface area contributed by atoms with E-state index in [-0.39, 0.29) is 46.5 Å². The average molecular weight is 249 g/mol. The van der Waals surface area contributed by atoms with E-state index in [2.05, 4.69) is 13.8 Å². The van der Waals surface area contributed by atoms with E-state index in [9.17, 15) is 0 Å². The van der Waals surface area contributed by atoms with Gasteiger partial charge in [-0.25, -0.2) is 0 Å². The van der Waals surface area contributed by atoms with Crippen LogP contribution in [0.2, 0.25) is 0 Å². The summed E-state index contributed by atoms with van der Waals surface area (Å²) in [5, 5.41) is 8.75. The van der Waals surface area contributed by atoms with Gasteiger partial charge in [0, 0.05) is 6.61 Å². The molecule has 1 unspecified atom stereocenters. The standard InChI is InChI=1S/C8H18O.2ClH.Ti/c1-3-5-6-8(4-2)7-9;;;/h8-9H,3-7H2,1-2H3;2*1H;/q;;;+2/p-2. The van der Waals surface area contributed by atoms with Crippen LogP contribution >= 0.6 is 0 Å². The number of unbranched alkanes of at least 4 members (excludes halogenated alkanes) is 1. The third kappa shape index (κ3) is 13.8. The molecule has 0 aliphatic carbocycles. The molecule has 0 aromatic heterocycles. The van der Waals surface area contributed by atoms with Gasteiger partial charge in [-0.2, -0.15) is 0 Å². The van der Waals surface area contributed by atoms with Crippen molar-refractivity contribution in [1.82, 2.24) is 0 Å². The molecule has 0 saturated heterocycles. The first-order valence-electron chi connectivity index (χ1n) is 3.96. The molecule has 0 amide bonds. The van der Waals surface area contributed by atoms with E-state index in [1.165, 1.54) is 19.3 Å². The predicted octanol–water partition coefficient (Wildman–Crippen LogP) is -3.80. The van der Waals surface area contributed by atoms with Crippen molar-refractivity contribution in [2.45, 2.75) is 39.5 Å². The number of hydrogen-bond acceptors (Lipinski definition) is 1. The molecule has 12 heavy (non-hydrogen) atoms. The molecular formula is C8H18Cl2OTi. The summed E-state index contributed by atoms with van der Waals surface area (Å²) in [6, 6.07) is 0. The zero-order valence-electron chi connectivity index (χ0n) is 7.82. The van der Waals surface area contributed by atoms with Gasteiger partial charge in [0.25, 0.3) is 0 Å². The fourth-order valence-electron chi connectivity index (χ4n) is 0.917. The second-order valence-electron chi connectivity index (χ2n) is 2.60. The molecule has 0 radical (unpaired) electrons. The van der Waals surface area contributed by atoms with Crippen LogP contribution in [0.25, 0.3) is 0 Å². The number of aliphatic hydroxyl groups excluding tert-OH is 1. The van der Waals surface area contributed by atoms with Crippen molar-refractivity contribution in [3.8, 4) is 0 Å². The predicted molar refractivity (Wildman–Crippen MR) is 40.4 cm³/mol. The van der Waals surface area contributed by atoms with Gasteiger partial charge in [0.15, 0.2) is 0 Å². The largest absolute Gasteiger partial charge is 2.00 e. The summed E-state index contributed by atoms with van der Waals surface area (Å²) >= 11 is 0. The van der Waals surface area contributed by atoms with Crippen LogP contribution in [0.15, 0.2) is 0 Å². The Balaban J connectivity index is -0.000000107. The zero-order chi connectivity index (χ0) is 7.11. The third-order valence-corrected chi connectivity index (χ3v) is 1.80. The van der Waals surface area contributed by atoms with Gasteiger partial charge in [0.2, 0.25) is 0 Å². The van der Waals surface area contributed by atoms with Crippen LogP contribution in [-0.4, -0.2) is 11.7 Å². The Kier molecular flexibility index (Phi) is 35.1. The van der Waals surface area contributed by atoms with Crippen molar-refractivity contribution in [3.63, 3.8) is 0 Å². The van der Waals surface area contributed by atoms with E-state index in [1.54, 1.807) is 0 Å². The molecule has 0 aromatic carbocycles. The van der Waals surface area contributed by atoms with Crippen molar-refractivity contribution in [3.05, 3.63) is 0 Å². The van der Waals surface area contributed by atoms with E-state index in [0.29, 0.717) is 12.5 Å². The maximum Gasteiger partial charge on any atom is 2.00 e. The average Bonchev–Trinajstić information content (AvgIpc) is 1.91. The van der Waals surface area contributed by atoms with E-state index < -0.39 is 0 Å². The van der Waals surface area contributed by atoms with Gasteiger partial charge in [0.05, 0.1) is 0 Å². The molecule has 4 heteroatoms. The molecule has 0 bridgehead atoms. The minimum Gasteiger partial charge on any atom is -1.00 e. The number of rotatable bonds is 5. The van der Waals surface area contributed by atoms with Crippen LogP contribution < -0.4 is 24.8 Å². The molecular weight excluding hydrogens is 231 g/mol. The van der Waals surface area contributed by atoms with Crippen LogP contribution in [0.1, 0.15) is 39.5 Å². The van der Waals surface area contributed by atoms with Crippen LogP contribution in [0.4, 0.5) is 0 Å². The maximum absolute atomic E-state index is 8.75. The molecule has 0 aromatic rings. The Bertz CT molecular complexity index is 61.0. The van der Waals surface area contributed by atoms with Crippen molar-refractivity contribution < 1.29 is 51.6 Å². The molecule has 0 rings (SSSR count). The Labute approximate surface area is 103 Å². The number of aliphatic hydroxyl groups is 1. The first kappa shape index (κ1) is 23.2. The molecule has 1 atom stereocenters. The second-order valence-corrected chi connectivity index (χ2v) is 2.60. The molecule has 0 aliphatic rings. The van der Waals surface area contributed by atoms with Crippen LogP contribution in [-0.2, 0) is 21.7 Å². The fourth-order valence-corrected chi connectivity index (χ4v) is 0.917. The first-order chi connectivity index (χ1) is 4.35. The van der Waals surface area contributed by atoms with Gasteiger partial charge in [-0.15, -0.1) is 0 Å². The van der Waals surface area contributed by atoms with Gasteiger partial charge in [-0.05, 0) is 12.3 Å². The third-order valence-electron chi connectivity index (χ3n) is 1.80. The van der Waals surface area contributed by atoms with Crippen LogP contribution in [0.5, 0.6) is 0 Å². The quantitative estimate of drug-likeness (QED) is 0.495. The van der Waals surface area contributed by atoms with E-state index in [4.69, 9.17) is 5.11 Å². The van der Waals surface area contributed by atoms with Crippen molar-refractivity contribution in [2.75, 3.05) is 6.61 Å². The summed E-state index contributed by atoms with van der Waals surface area (Å²) < 4.78 is 0. The maximum atomic E-state index is 8.75. The summed E-state index contributed by atoms with van der Waals surface area (Å²) in [4.78, 5) is 0. The smallest absolute Gasteiger partial charge is 1.00 e.